The summed E-state index contributed by atoms with van der Waals surface area (Å²) in [5.74, 6) is -0.210. The van der Waals surface area contributed by atoms with Crippen LogP contribution in [0.2, 0.25) is 0 Å². The highest BCUT2D eigenvalue weighted by Crippen LogP contribution is 2.30. The average molecular weight is 278 g/mol. The fourth-order valence-corrected chi connectivity index (χ4v) is 1.87. The summed E-state index contributed by atoms with van der Waals surface area (Å²) in [6, 6.07) is 3.99. The number of imide groups is 2. The minimum atomic E-state index is -0.693. The van der Waals surface area contributed by atoms with Crippen LogP contribution in [0.5, 0.6) is 11.5 Å². The molecule has 0 unspecified atom stereocenters. The molecule has 1 saturated heterocycles. The molecule has 0 bridgehead atoms. The lowest BCUT2D eigenvalue weighted by Gasteiger charge is -2.30. The number of carbonyl (C=O) groups excluding carboxylic acids is 3. The van der Waals surface area contributed by atoms with Crippen molar-refractivity contribution in [2.75, 3.05) is 26.2 Å². The molecule has 0 aliphatic carbocycles. The number of urea groups is 1. The molecule has 2 rings (SSSR count). The fourth-order valence-electron chi connectivity index (χ4n) is 1.87. The van der Waals surface area contributed by atoms with Gasteiger partial charge in [0.25, 0.3) is 0 Å². The minimum absolute atomic E-state index is 0.301. The van der Waals surface area contributed by atoms with Crippen molar-refractivity contribution >= 4 is 23.5 Å². The molecular formula is C13H14N2O5. The molecule has 1 aromatic carbocycles. The monoisotopic (exact) mass is 278 g/mol. The SMILES string of the molecule is COc1cc(OC)cc(N2C(=O)CC(=O)N(C)C2=O)c1. The molecule has 0 radical (unpaired) electrons. The Morgan fingerprint density at radius 1 is 0.950 bits per heavy atom. The van der Waals surface area contributed by atoms with Gasteiger partial charge in [0.05, 0.1) is 19.9 Å². The Bertz CT molecular complexity index is 562. The number of barbiturate groups is 1. The van der Waals surface area contributed by atoms with Gasteiger partial charge in [0.15, 0.2) is 0 Å². The zero-order chi connectivity index (χ0) is 14.9. The van der Waals surface area contributed by atoms with E-state index in [1.807, 2.05) is 0 Å². The zero-order valence-electron chi connectivity index (χ0n) is 11.4. The molecule has 1 aliphatic rings. The Morgan fingerprint density at radius 2 is 1.50 bits per heavy atom. The second kappa shape index (κ2) is 5.20. The summed E-state index contributed by atoms with van der Waals surface area (Å²) in [6.07, 6.45) is -0.345. The quantitative estimate of drug-likeness (QED) is 0.771. The second-order valence-corrected chi connectivity index (χ2v) is 4.21. The summed E-state index contributed by atoms with van der Waals surface area (Å²) in [6.45, 7) is 0. The van der Waals surface area contributed by atoms with Gasteiger partial charge in [-0.1, -0.05) is 0 Å². The molecule has 0 N–H and O–H groups in total. The summed E-state index contributed by atoms with van der Waals surface area (Å²) in [5, 5.41) is 0. The molecule has 106 valence electrons. The summed E-state index contributed by atoms with van der Waals surface area (Å²) in [5.41, 5.74) is 0.301. The average Bonchev–Trinajstić information content (AvgIpc) is 2.44. The molecule has 20 heavy (non-hydrogen) atoms. The lowest BCUT2D eigenvalue weighted by Crippen LogP contribution is -2.53. The van der Waals surface area contributed by atoms with E-state index in [0.29, 0.717) is 17.2 Å². The summed E-state index contributed by atoms with van der Waals surface area (Å²) < 4.78 is 10.2. The lowest BCUT2D eigenvalue weighted by molar-refractivity contribution is -0.133. The van der Waals surface area contributed by atoms with E-state index in [0.717, 1.165) is 9.80 Å². The number of nitrogens with zero attached hydrogens (tertiary/aromatic N) is 2. The summed E-state index contributed by atoms with van der Waals surface area (Å²) in [4.78, 5) is 37.3. The predicted octanol–water partition coefficient (Wildman–Crippen LogP) is 1.02. The molecule has 1 aliphatic heterocycles. The van der Waals surface area contributed by atoms with Crippen molar-refractivity contribution in [2.24, 2.45) is 0 Å². The largest absolute Gasteiger partial charge is 0.497 e. The lowest BCUT2D eigenvalue weighted by atomic mass is 10.2. The van der Waals surface area contributed by atoms with Gasteiger partial charge < -0.3 is 9.47 Å². The van der Waals surface area contributed by atoms with Crippen molar-refractivity contribution < 1.29 is 23.9 Å². The van der Waals surface area contributed by atoms with Gasteiger partial charge in [0.1, 0.15) is 17.9 Å². The van der Waals surface area contributed by atoms with E-state index in [9.17, 15) is 14.4 Å². The molecule has 0 spiro atoms. The number of carbonyl (C=O) groups is 3. The van der Waals surface area contributed by atoms with Gasteiger partial charge in [0, 0.05) is 25.2 Å². The van der Waals surface area contributed by atoms with Crippen molar-refractivity contribution in [1.82, 2.24) is 4.90 Å². The number of methoxy groups -OCH3 is 2. The van der Waals surface area contributed by atoms with Crippen molar-refractivity contribution in [3.63, 3.8) is 0 Å². The van der Waals surface area contributed by atoms with Crippen LogP contribution in [0.1, 0.15) is 6.42 Å². The molecule has 1 fully saturated rings. The Morgan fingerprint density at radius 3 is 2.00 bits per heavy atom. The van der Waals surface area contributed by atoms with Gasteiger partial charge in [-0.2, -0.15) is 0 Å². The Kier molecular flexibility index (Phi) is 3.60. The van der Waals surface area contributed by atoms with Crippen LogP contribution in [-0.4, -0.2) is 44.0 Å². The first-order valence-corrected chi connectivity index (χ1v) is 5.84. The first-order chi connectivity index (χ1) is 9.47. The maximum Gasteiger partial charge on any atom is 0.337 e. The van der Waals surface area contributed by atoms with Crippen LogP contribution >= 0.6 is 0 Å². The third-order valence-corrected chi connectivity index (χ3v) is 3.00. The maximum atomic E-state index is 12.1. The van der Waals surface area contributed by atoms with Crippen LogP contribution < -0.4 is 14.4 Å². The van der Waals surface area contributed by atoms with E-state index in [-0.39, 0.29) is 6.42 Å². The number of hydrogen-bond acceptors (Lipinski definition) is 5. The molecule has 7 heteroatoms. The van der Waals surface area contributed by atoms with Crippen LogP contribution in [0.15, 0.2) is 18.2 Å². The third-order valence-electron chi connectivity index (χ3n) is 3.00. The van der Waals surface area contributed by atoms with Gasteiger partial charge in [-0.15, -0.1) is 0 Å². The zero-order valence-corrected chi connectivity index (χ0v) is 11.4. The van der Waals surface area contributed by atoms with Crippen molar-refractivity contribution in [3.8, 4) is 11.5 Å². The van der Waals surface area contributed by atoms with Crippen LogP contribution in [0.4, 0.5) is 10.5 Å². The van der Waals surface area contributed by atoms with Crippen molar-refractivity contribution in [3.05, 3.63) is 18.2 Å². The number of ether oxygens (including phenoxy) is 2. The van der Waals surface area contributed by atoms with Gasteiger partial charge in [0.2, 0.25) is 11.8 Å². The highest BCUT2D eigenvalue weighted by molar-refractivity contribution is 6.26. The molecule has 0 atom stereocenters. The van der Waals surface area contributed by atoms with Crippen molar-refractivity contribution in [1.29, 1.82) is 0 Å². The molecule has 0 saturated carbocycles. The molecule has 4 amide bonds. The van der Waals surface area contributed by atoms with Crippen LogP contribution in [0.3, 0.4) is 0 Å². The molecule has 1 aromatic rings. The first-order valence-electron chi connectivity index (χ1n) is 5.84. The van der Waals surface area contributed by atoms with Gasteiger partial charge in [-0.05, 0) is 0 Å². The Hall–Kier alpha value is -2.57. The Labute approximate surface area is 115 Å². The van der Waals surface area contributed by atoms with E-state index < -0.39 is 17.8 Å². The Balaban J connectivity index is 2.46. The maximum absolute atomic E-state index is 12.1. The number of rotatable bonds is 3. The van der Waals surface area contributed by atoms with E-state index in [1.165, 1.54) is 33.4 Å². The summed E-state index contributed by atoms with van der Waals surface area (Å²) >= 11 is 0. The smallest absolute Gasteiger partial charge is 0.337 e. The predicted molar refractivity (Wildman–Crippen MR) is 69.8 cm³/mol. The molecule has 0 aromatic heterocycles. The highest BCUT2D eigenvalue weighted by atomic mass is 16.5. The summed E-state index contributed by atoms with van der Waals surface area (Å²) in [7, 11) is 4.27. The second-order valence-electron chi connectivity index (χ2n) is 4.21. The van der Waals surface area contributed by atoms with E-state index in [4.69, 9.17) is 9.47 Å². The van der Waals surface area contributed by atoms with Gasteiger partial charge in [-0.25, -0.2) is 9.69 Å². The topological polar surface area (TPSA) is 76.2 Å². The van der Waals surface area contributed by atoms with Crippen molar-refractivity contribution in [2.45, 2.75) is 6.42 Å². The van der Waals surface area contributed by atoms with E-state index in [2.05, 4.69) is 0 Å². The van der Waals surface area contributed by atoms with Gasteiger partial charge in [-0.3, -0.25) is 14.5 Å². The standard InChI is InChI=1S/C13H14N2O5/c1-14-11(16)7-12(17)15(13(14)18)8-4-9(19-2)6-10(5-8)20-3/h4-6H,7H2,1-3H3. The van der Waals surface area contributed by atoms with Crippen LogP contribution in [0.25, 0.3) is 0 Å². The fraction of sp³-hybridized carbons (Fsp3) is 0.308. The molecule has 1 heterocycles. The van der Waals surface area contributed by atoms with E-state index >= 15 is 0 Å². The number of amides is 4. The van der Waals surface area contributed by atoms with Crippen LogP contribution in [-0.2, 0) is 9.59 Å². The molecular weight excluding hydrogens is 264 g/mol. The van der Waals surface area contributed by atoms with Crippen LogP contribution in [0, 0.1) is 0 Å². The number of hydrogen-bond donors (Lipinski definition) is 0. The highest BCUT2D eigenvalue weighted by Gasteiger charge is 2.37. The molecule has 7 nitrogen and oxygen atoms in total. The number of benzene rings is 1. The van der Waals surface area contributed by atoms with Gasteiger partial charge >= 0.3 is 6.03 Å². The third kappa shape index (κ3) is 2.29. The van der Waals surface area contributed by atoms with E-state index in [1.54, 1.807) is 6.07 Å². The number of anilines is 1. The first kappa shape index (κ1) is 13.9. The minimum Gasteiger partial charge on any atom is -0.497 e. The normalized spacial score (nSPS) is 15.7.